The minimum absolute atomic E-state index is 0.420. The maximum absolute atomic E-state index is 6.03. The lowest BCUT2D eigenvalue weighted by Gasteiger charge is -2.14. The lowest BCUT2D eigenvalue weighted by Crippen LogP contribution is -2.13. The summed E-state index contributed by atoms with van der Waals surface area (Å²) in [4.78, 5) is 0. The van der Waals surface area contributed by atoms with E-state index in [0.29, 0.717) is 6.10 Å². The van der Waals surface area contributed by atoms with Crippen LogP contribution in [0.5, 0.6) is 5.75 Å². The van der Waals surface area contributed by atoms with Crippen LogP contribution in [0, 0.1) is 0 Å². The van der Waals surface area contributed by atoms with Gasteiger partial charge in [0.25, 0.3) is 0 Å². The molecule has 0 aliphatic heterocycles. The molecule has 0 radical (unpaired) electrons. The molecule has 1 aliphatic rings. The van der Waals surface area contributed by atoms with E-state index in [9.17, 15) is 0 Å². The SMILES string of the molecule is c1cc(CNCc2cn[nH]c2)cc(OC2CCCC2)c1. The highest BCUT2D eigenvalue weighted by molar-refractivity contribution is 5.28. The lowest BCUT2D eigenvalue weighted by molar-refractivity contribution is 0.210. The number of ether oxygens (including phenoxy) is 1. The molecule has 4 heteroatoms. The van der Waals surface area contributed by atoms with Gasteiger partial charge in [-0.1, -0.05) is 12.1 Å². The number of rotatable bonds is 6. The molecule has 0 amide bonds. The van der Waals surface area contributed by atoms with E-state index in [1.165, 1.54) is 36.8 Å². The first-order chi connectivity index (χ1) is 9.90. The van der Waals surface area contributed by atoms with Crippen molar-refractivity contribution in [2.24, 2.45) is 0 Å². The summed E-state index contributed by atoms with van der Waals surface area (Å²) in [5, 5.41) is 10.2. The van der Waals surface area contributed by atoms with Gasteiger partial charge in [-0.3, -0.25) is 5.10 Å². The van der Waals surface area contributed by atoms with E-state index in [1.807, 2.05) is 12.4 Å². The standard InChI is InChI=1S/C16H21N3O/c1-2-6-15(5-1)20-16-7-3-4-13(8-16)9-17-10-14-11-18-19-12-14/h3-4,7-8,11-12,15,17H,1-2,5-6,9-10H2,(H,18,19). The van der Waals surface area contributed by atoms with Crippen LogP contribution in [0.4, 0.5) is 0 Å². The van der Waals surface area contributed by atoms with Crippen LogP contribution in [-0.4, -0.2) is 16.3 Å². The summed E-state index contributed by atoms with van der Waals surface area (Å²) in [6.07, 6.45) is 9.17. The first-order valence-electron chi connectivity index (χ1n) is 7.34. The van der Waals surface area contributed by atoms with E-state index >= 15 is 0 Å². The molecule has 4 nitrogen and oxygen atoms in total. The molecule has 1 fully saturated rings. The fraction of sp³-hybridized carbons (Fsp3) is 0.438. The number of benzene rings is 1. The Morgan fingerprint density at radius 2 is 2.05 bits per heavy atom. The van der Waals surface area contributed by atoms with E-state index in [1.54, 1.807) is 0 Å². The Balaban J connectivity index is 1.51. The Kier molecular flexibility index (Phi) is 4.33. The van der Waals surface area contributed by atoms with Gasteiger partial charge >= 0.3 is 0 Å². The number of nitrogens with zero attached hydrogens (tertiary/aromatic N) is 1. The van der Waals surface area contributed by atoms with E-state index in [0.717, 1.165) is 18.8 Å². The van der Waals surface area contributed by atoms with Crippen molar-refractivity contribution in [3.8, 4) is 5.75 Å². The largest absolute Gasteiger partial charge is 0.490 e. The van der Waals surface area contributed by atoms with Crippen molar-refractivity contribution < 1.29 is 4.74 Å². The van der Waals surface area contributed by atoms with Crippen LogP contribution in [0.15, 0.2) is 36.7 Å². The second-order valence-corrected chi connectivity index (χ2v) is 5.38. The number of aromatic amines is 1. The van der Waals surface area contributed by atoms with Gasteiger partial charge < -0.3 is 10.1 Å². The maximum atomic E-state index is 6.03. The van der Waals surface area contributed by atoms with Gasteiger partial charge in [0.1, 0.15) is 5.75 Å². The smallest absolute Gasteiger partial charge is 0.120 e. The molecule has 2 aromatic rings. The number of H-pyrrole nitrogens is 1. The Labute approximate surface area is 119 Å². The van der Waals surface area contributed by atoms with Gasteiger partial charge in [0.05, 0.1) is 12.3 Å². The third kappa shape index (κ3) is 3.61. The average Bonchev–Trinajstić information content (AvgIpc) is 3.13. The van der Waals surface area contributed by atoms with Gasteiger partial charge in [0, 0.05) is 24.8 Å². The van der Waals surface area contributed by atoms with Gasteiger partial charge in [0.2, 0.25) is 0 Å². The van der Waals surface area contributed by atoms with Crippen molar-refractivity contribution in [1.29, 1.82) is 0 Å². The summed E-state index contributed by atoms with van der Waals surface area (Å²) < 4.78 is 6.03. The summed E-state index contributed by atoms with van der Waals surface area (Å²) in [6.45, 7) is 1.66. The third-order valence-corrected chi connectivity index (χ3v) is 3.72. The number of aromatic nitrogens is 2. The summed E-state index contributed by atoms with van der Waals surface area (Å²) in [7, 11) is 0. The minimum Gasteiger partial charge on any atom is -0.490 e. The van der Waals surface area contributed by atoms with Crippen LogP contribution >= 0.6 is 0 Å². The highest BCUT2D eigenvalue weighted by atomic mass is 16.5. The van der Waals surface area contributed by atoms with Crippen molar-refractivity contribution in [1.82, 2.24) is 15.5 Å². The lowest BCUT2D eigenvalue weighted by atomic mass is 10.2. The Morgan fingerprint density at radius 3 is 2.85 bits per heavy atom. The van der Waals surface area contributed by atoms with E-state index < -0.39 is 0 Å². The fourth-order valence-corrected chi connectivity index (χ4v) is 2.65. The quantitative estimate of drug-likeness (QED) is 0.849. The Bertz CT molecular complexity index is 518. The molecular weight excluding hydrogens is 250 g/mol. The van der Waals surface area contributed by atoms with Crippen LogP contribution in [0.25, 0.3) is 0 Å². The number of nitrogens with one attached hydrogen (secondary N) is 2. The molecule has 1 aliphatic carbocycles. The molecule has 1 aromatic heterocycles. The molecule has 0 bridgehead atoms. The van der Waals surface area contributed by atoms with Gasteiger partial charge in [-0.25, -0.2) is 0 Å². The first-order valence-corrected chi connectivity index (χ1v) is 7.34. The Morgan fingerprint density at radius 1 is 1.20 bits per heavy atom. The van der Waals surface area contributed by atoms with Crippen molar-refractivity contribution >= 4 is 0 Å². The van der Waals surface area contributed by atoms with Crippen LogP contribution < -0.4 is 10.1 Å². The third-order valence-electron chi connectivity index (χ3n) is 3.72. The normalized spacial score (nSPS) is 15.6. The van der Waals surface area contributed by atoms with E-state index in [-0.39, 0.29) is 0 Å². The molecule has 0 saturated heterocycles. The molecule has 3 rings (SSSR count). The fourth-order valence-electron chi connectivity index (χ4n) is 2.65. The molecule has 0 spiro atoms. The van der Waals surface area contributed by atoms with Gasteiger partial charge in [-0.05, 0) is 43.4 Å². The molecule has 0 unspecified atom stereocenters. The molecule has 2 N–H and O–H groups in total. The summed E-state index contributed by atoms with van der Waals surface area (Å²) in [5.74, 6) is 1.000. The summed E-state index contributed by atoms with van der Waals surface area (Å²) in [6, 6.07) is 8.39. The van der Waals surface area contributed by atoms with Crippen LogP contribution in [0.2, 0.25) is 0 Å². The molecule has 0 atom stereocenters. The molecule has 20 heavy (non-hydrogen) atoms. The van der Waals surface area contributed by atoms with Gasteiger partial charge in [0.15, 0.2) is 0 Å². The molecule has 1 aromatic carbocycles. The molecule has 106 valence electrons. The zero-order chi connectivity index (χ0) is 13.6. The monoisotopic (exact) mass is 271 g/mol. The predicted molar refractivity (Wildman–Crippen MR) is 78.5 cm³/mol. The van der Waals surface area contributed by atoms with Gasteiger partial charge in [-0.15, -0.1) is 0 Å². The highest BCUT2D eigenvalue weighted by Crippen LogP contribution is 2.24. The zero-order valence-corrected chi connectivity index (χ0v) is 11.6. The first kappa shape index (κ1) is 13.2. The number of hydrogen-bond acceptors (Lipinski definition) is 3. The second-order valence-electron chi connectivity index (χ2n) is 5.38. The molecule has 1 saturated carbocycles. The van der Waals surface area contributed by atoms with E-state index in [2.05, 4.69) is 39.8 Å². The second kappa shape index (κ2) is 6.57. The molecular formula is C16H21N3O. The minimum atomic E-state index is 0.420. The topological polar surface area (TPSA) is 49.9 Å². The summed E-state index contributed by atoms with van der Waals surface area (Å²) in [5.41, 5.74) is 2.42. The van der Waals surface area contributed by atoms with Crippen LogP contribution in [-0.2, 0) is 13.1 Å². The van der Waals surface area contributed by atoms with Crippen molar-refractivity contribution in [2.45, 2.75) is 44.9 Å². The number of hydrogen-bond donors (Lipinski definition) is 2. The maximum Gasteiger partial charge on any atom is 0.120 e. The highest BCUT2D eigenvalue weighted by Gasteiger charge is 2.16. The van der Waals surface area contributed by atoms with Crippen molar-refractivity contribution in [3.63, 3.8) is 0 Å². The Hall–Kier alpha value is -1.81. The average molecular weight is 271 g/mol. The van der Waals surface area contributed by atoms with Gasteiger partial charge in [-0.2, -0.15) is 5.10 Å². The van der Waals surface area contributed by atoms with Crippen molar-refractivity contribution in [2.75, 3.05) is 0 Å². The van der Waals surface area contributed by atoms with Crippen LogP contribution in [0.1, 0.15) is 36.8 Å². The van der Waals surface area contributed by atoms with Crippen molar-refractivity contribution in [3.05, 3.63) is 47.8 Å². The van der Waals surface area contributed by atoms with E-state index in [4.69, 9.17) is 4.74 Å². The summed E-state index contributed by atoms with van der Waals surface area (Å²) >= 11 is 0. The van der Waals surface area contributed by atoms with Crippen LogP contribution in [0.3, 0.4) is 0 Å². The molecule has 1 heterocycles. The predicted octanol–water partition coefficient (Wildman–Crippen LogP) is 3.02. The zero-order valence-electron chi connectivity index (χ0n) is 11.6.